The first-order valence-corrected chi connectivity index (χ1v) is 6.21. The van der Waals surface area contributed by atoms with E-state index in [0.717, 1.165) is 11.3 Å². The van der Waals surface area contributed by atoms with Crippen molar-refractivity contribution in [3.05, 3.63) is 29.8 Å². The van der Waals surface area contributed by atoms with Crippen LogP contribution < -0.4 is 10.6 Å². The molecule has 0 bridgehead atoms. The van der Waals surface area contributed by atoms with Gasteiger partial charge >= 0.3 is 0 Å². The number of rotatable bonds is 6. The van der Waals surface area contributed by atoms with Gasteiger partial charge in [0.2, 0.25) is 5.91 Å². The van der Waals surface area contributed by atoms with Gasteiger partial charge in [-0.2, -0.15) is 0 Å². The molecule has 0 radical (unpaired) electrons. The van der Waals surface area contributed by atoms with Crippen molar-refractivity contribution in [2.24, 2.45) is 5.73 Å². The molecule has 0 heterocycles. The molecule has 98 valence electrons. The van der Waals surface area contributed by atoms with Crippen LogP contribution in [0.15, 0.2) is 24.3 Å². The molecule has 5 heteroatoms. The predicted molar refractivity (Wildman–Crippen MR) is 76.8 cm³/mol. The van der Waals surface area contributed by atoms with Crippen LogP contribution in [-0.4, -0.2) is 31.2 Å². The fourth-order valence-electron chi connectivity index (χ4n) is 1.48. The van der Waals surface area contributed by atoms with Gasteiger partial charge in [-0.25, -0.2) is 0 Å². The third kappa shape index (κ3) is 4.09. The fourth-order valence-corrected chi connectivity index (χ4v) is 1.61. The van der Waals surface area contributed by atoms with Crippen molar-refractivity contribution in [2.45, 2.75) is 13.3 Å². The van der Waals surface area contributed by atoms with Crippen LogP contribution in [0.3, 0.4) is 0 Å². The van der Waals surface area contributed by atoms with E-state index in [4.69, 9.17) is 22.7 Å². The van der Waals surface area contributed by atoms with Crippen molar-refractivity contribution in [3.8, 4) is 0 Å². The van der Waals surface area contributed by atoms with Gasteiger partial charge in [-0.15, -0.1) is 0 Å². The fraction of sp³-hybridized carbons (Fsp3) is 0.385. The molecule has 1 rings (SSSR count). The number of carbonyl (C=O) groups excluding carboxylic acids is 1. The lowest BCUT2D eigenvalue weighted by atomic mass is 10.2. The van der Waals surface area contributed by atoms with Crippen molar-refractivity contribution >= 4 is 28.8 Å². The first-order valence-electron chi connectivity index (χ1n) is 5.80. The van der Waals surface area contributed by atoms with Gasteiger partial charge in [-0.05, 0) is 19.1 Å². The predicted octanol–water partition coefficient (Wildman–Crippen LogP) is 1.71. The molecule has 0 aliphatic rings. The summed E-state index contributed by atoms with van der Waals surface area (Å²) in [5.74, 6) is 0.00328. The van der Waals surface area contributed by atoms with Crippen LogP contribution in [0.1, 0.15) is 18.9 Å². The van der Waals surface area contributed by atoms with Gasteiger partial charge in [-0.1, -0.05) is 24.4 Å². The zero-order valence-electron chi connectivity index (χ0n) is 10.7. The van der Waals surface area contributed by atoms with E-state index >= 15 is 0 Å². The molecule has 0 saturated carbocycles. The van der Waals surface area contributed by atoms with E-state index in [9.17, 15) is 4.79 Å². The van der Waals surface area contributed by atoms with E-state index in [1.54, 1.807) is 18.0 Å². The smallest absolute Gasteiger partial charge is 0.229 e. The summed E-state index contributed by atoms with van der Waals surface area (Å²) in [5, 5.41) is 0. The Labute approximate surface area is 113 Å². The van der Waals surface area contributed by atoms with Crippen LogP contribution >= 0.6 is 12.2 Å². The standard InChI is InChI=1S/C13H18N2O2S/c1-3-17-8-7-12(16)15(2)11-6-4-5-10(9-11)13(14)18/h4-6,9H,3,7-8H2,1-2H3,(H2,14,18). The normalized spacial score (nSPS) is 10.1. The molecular weight excluding hydrogens is 248 g/mol. The van der Waals surface area contributed by atoms with Gasteiger partial charge in [0.05, 0.1) is 13.0 Å². The first-order chi connectivity index (χ1) is 8.56. The van der Waals surface area contributed by atoms with Crippen LogP contribution in [0, 0.1) is 0 Å². The van der Waals surface area contributed by atoms with Gasteiger partial charge in [0.1, 0.15) is 4.99 Å². The number of nitrogens with two attached hydrogens (primary N) is 1. The topological polar surface area (TPSA) is 55.6 Å². The molecule has 4 nitrogen and oxygen atoms in total. The Bertz CT molecular complexity index is 435. The van der Waals surface area contributed by atoms with E-state index in [2.05, 4.69) is 0 Å². The average molecular weight is 266 g/mol. The summed E-state index contributed by atoms with van der Waals surface area (Å²) < 4.78 is 5.16. The number of nitrogens with zero attached hydrogens (tertiary/aromatic N) is 1. The van der Waals surface area contributed by atoms with Gasteiger partial charge in [0.25, 0.3) is 0 Å². The third-order valence-electron chi connectivity index (χ3n) is 2.56. The van der Waals surface area contributed by atoms with Gasteiger partial charge in [0, 0.05) is 24.9 Å². The van der Waals surface area contributed by atoms with Crippen molar-refractivity contribution < 1.29 is 9.53 Å². The monoisotopic (exact) mass is 266 g/mol. The molecule has 0 atom stereocenters. The maximum atomic E-state index is 11.9. The average Bonchev–Trinajstić information content (AvgIpc) is 2.38. The summed E-state index contributed by atoms with van der Waals surface area (Å²) in [6.45, 7) is 2.96. The Morgan fingerprint density at radius 3 is 2.83 bits per heavy atom. The van der Waals surface area contributed by atoms with E-state index in [1.807, 2.05) is 25.1 Å². The van der Waals surface area contributed by atoms with Gasteiger partial charge in [0.15, 0.2) is 0 Å². The summed E-state index contributed by atoms with van der Waals surface area (Å²) in [4.78, 5) is 13.8. The quantitative estimate of drug-likeness (QED) is 0.629. The Hall–Kier alpha value is -1.46. The van der Waals surface area contributed by atoms with Crippen molar-refractivity contribution in [1.82, 2.24) is 0 Å². The molecule has 0 saturated heterocycles. The summed E-state index contributed by atoms with van der Waals surface area (Å²) in [7, 11) is 1.73. The van der Waals surface area contributed by atoms with Crippen molar-refractivity contribution in [2.75, 3.05) is 25.2 Å². The molecule has 1 amide bonds. The second-order valence-electron chi connectivity index (χ2n) is 3.81. The highest BCUT2D eigenvalue weighted by Crippen LogP contribution is 2.15. The lowest BCUT2D eigenvalue weighted by molar-refractivity contribution is -0.119. The van der Waals surface area contributed by atoms with E-state index in [0.29, 0.717) is 24.6 Å². The number of hydrogen-bond donors (Lipinski definition) is 1. The Morgan fingerprint density at radius 1 is 1.50 bits per heavy atom. The molecule has 0 aliphatic carbocycles. The summed E-state index contributed by atoms with van der Waals surface area (Å²) in [6.07, 6.45) is 0.363. The highest BCUT2D eigenvalue weighted by molar-refractivity contribution is 7.80. The molecule has 1 aromatic carbocycles. The second-order valence-corrected chi connectivity index (χ2v) is 4.25. The Balaban J connectivity index is 2.71. The SMILES string of the molecule is CCOCCC(=O)N(C)c1cccc(C(N)=S)c1. The molecule has 0 spiro atoms. The van der Waals surface area contributed by atoms with E-state index in [-0.39, 0.29) is 5.91 Å². The lowest BCUT2D eigenvalue weighted by Crippen LogP contribution is -2.27. The van der Waals surface area contributed by atoms with Crippen LogP contribution in [0.4, 0.5) is 5.69 Å². The second kappa shape index (κ2) is 7.08. The minimum atomic E-state index is 0.00328. The Morgan fingerprint density at radius 2 is 2.22 bits per heavy atom. The maximum absolute atomic E-state index is 11.9. The first kappa shape index (κ1) is 14.6. The van der Waals surface area contributed by atoms with Crippen molar-refractivity contribution in [1.29, 1.82) is 0 Å². The van der Waals surface area contributed by atoms with Crippen LogP contribution in [0.25, 0.3) is 0 Å². The molecular formula is C13H18N2O2S. The number of anilines is 1. The zero-order valence-corrected chi connectivity index (χ0v) is 11.5. The number of thiocarbonyl (C=S) groups is 1. The minimum absolute atomic E-state index is 0.00328. The maximum Gasteiger partial charge on any atom is 0.229 e. The largest absolute Gasteiger partial charge is 0.389 e. The number of benzene rings is 1. The molecule has 18 heavy (non-hydrogen) atoms. The highest BCUT2D eigenvalue weighted by Gasteiger charge is 2.11. The molecule has 2 N–H and O–H groups in total. The molecule has 0 aromatic heterocycles. The highest BCUT2D eigenvalue weighted by atomic mass is 32.1. The van der Waals surface area contributed by atoms with Gasteiger partial charge < -0.3 is 15.4 Å². The molecule has 1 aromatic rings. The zero-order chi connectivity index (χ0) is 13.5. The van der Waals surface area contributed by atoms with Crippen LogP contribution in [0.2, 0.25) is 0 Å². The van der Waals surface area contributed by atoms with Crippen LogP contribution in [-0.2, 0) is 9.53 Å². The lowest BCUT2D eigenvalue weighted by Gasteiger charge is -2.18. The molecule has 0 unspecified atom stereocenters. The summed E-state index contributed by atoms with van der Waals surface area (Å²) >= 11 is 4.91. The molecule has 0 fully saturated rings. The van der Waals surface area contributed by atoms with Crippen molar-refractivity contribution in [3.63, 3.8) is 0 Å². The number of hydrogen-bond acceptors (Lipinski definition) is 3. The molecule has 0 aliphatic heterocycles. The number of amides is 1. The summed E-state index contributed by atoms with van der Waals surface area (Å²) in [5.41, 5.74) is 7.10. The Kier molecular flexibility index (Phi) is 5.74. The summed E-state index contributed by atoms with van der Waals surface area (Å²) in [6, 6.07) is 7.31. The van der Waals surface area contributed by atoms with E-state index < -0.39 is 0 Å². The number of ether oxygens (including phenoxy) is 1. The minimum Gasteiger partial charge on any atom is -0.389 e. The van der Waals surface area contributed by atoms with E-state index in [1.165, 1.54) is 0 Å². The van der Waals surface area contributed by atoms with Crippen LogP contribution in [0.5, 0.6) is 0 Å². The third-order valence-corrected chi connectivity index (χ3v) is 2.79. The van der Waals surface area contributed by atoms with Gasteiger partial charge in [-0.3, -0.25) is 4.79 Å². The number of carbonyl (C=O) groups is 1.